The molecule has 0 fully saturated rings. The molecule has 0 aliphatic heterocycles. The fraction of sp³-hybridized carbons (Fsp3) is 0.300. The molecule has 76 valence electrons. The van der Waals surface area contributed by atoms with Crippen molar-refractivity contribution in [2.75, 3.05) is 6.54 Å². The van der Waals surface area contributed by atoms with Gasteiger partial charge in [0.15, 0.2) is 0 Å². The third-order valence-corrected chi connectivity index (χ3v) is 1.84. The van der Waals surface area contributed by atoms with Gasteiger partial charge in [-0.2, -0.15) is 0 Å². The summed E-state index contributed by atoms with van der Waals surface area (Å²) in [5, 5.41) is 11.7. The Bertz CT molecular complexity index is 339. The molecule has 0 heterocycles. The number of hydrogen-bond donors (Lipinski definition) is 2. The Labute approximate surface area is 81.6 Å². The van der Waals surface area contributed by atoms with Crippen molar-refractivity contribution in [3.63, 3.8) is 0 Å². The lowest BCUT2D eigenvalue weighted by Gasteiger charge is -2.03. The van der Waals surface area contributed by atoms with E-state index in [1.165, 1.54) is 12.1 Å². The van der Waals surface area contributed by atoms with Crippen LogP contribution in [0.25, 0.3) is 0 Å². The van der Waals surface area contributed by atoms with E-state index in [-0.39, 0.29) is 5.56 Å². The topological polar surface area (TPSA) is 49.3 Å². The lowest BCUT2D eigenvalue weighted by molar-refractivity contribution is 0.0691. The molecule has 0 aliphatic carbocycles. The Kier molecular flexibility index (Phi) is 3.59. The zero-order chi connectivity index (χ0) is 10.6. The SMILES string of the molecule is CCNCc1ccc(F)c(C(=O)O)c1. The van der Waals surface area contributed by atoms with Crippen molar-refractivity contribution >= 4 is 5.97 Å². The average molecular weight is 197 g/mol. The van der Waals surface area contributed by atoms with Crippen LogP contribution in [0, 0.1) is 5.82 Å². The number of halogens is 1. The highest BCUT2D eigenvalue weighted by Crippen LogP contribution is 2.10. The molecule has 1 aromatic rings. The minimum absolute atomic E-state index is 0.277. The second-order valence-electron chi connectivity index (χ2n) is 2.90. The Morgan fingerprint density at radius 3 is 2.86 bits per heavy atom. The van der Waals surface area contributed by atoms with Gasteiger partial charge in [0.2, 0.25) is 0 Å². The summed E-state index contributed by atoms with van der Waals surface area (Å²) in [4.78, 5) is 10.6. The van der Waals surface area contributed by atoms with Crippen molar-refractivity contribution in [1.29, 1.82) is 0 Å². The van der Waals surface area contributed by atoms with E-state index >= 15 is 0 Å². The van der Waals surface area contributed by atoms with Gasteiger partial charge in [-0.1, -0.05) is 13.0 Å². The molecule has 14 heavy (non-hydrogen) atoms. The molecule has 0 radical (unpaired) electrons. The van der Waals surface area contributed by atoms with Gasteiger partial charge in [0.1, 0.15) is 5.82 Å². The molecule has 0 atom stereocenters. The summed E-state index contributed by atoms with van der Waals surface area (Å²) in [6.07, 6.45) is 0. The molecule has 4 heteroatoms. The molecule has 0 spiro atoms. The van der Waals surface area contributed by atoms with Crippen LogP contribution in [0.5, 0.6) is 0 Å². The summed E-state index contributed by atoms with van der Waals surface area (Å²) < 4.78 is 12.9. The normalized spacial score (nSPS) is 10.1. The molecule has 0 aliphatic rings. The third-order valence-electron chi connectivity index (χ3n) is 1.84. The Balaban J connectivity index is 2.89. The first-order valence-electron chi connectivity index (χ1n) is 4.37. The summed E-state index contributed by atoms with van der Waals surface area (Å²) in [6.45, 7) is 3.29. The fourth-order valence-corrected chi connectivity index (χ4v) is 1.12. The number of benzene rings is 1. The monoisotopic (exact) mass is 197 g/mol. The van der Waals surface area contributed by atoms with E-state index in [1.54, 1.807) is 6.07 Å². The highest BCUT2D eigenvalue weighted by molar-refractivity contribution is 5.88. The molecule has 0 aromatic heterocycles. The molecule has 0 bridgehead atoms. The first-order chi connectivity index (χ1) is 6.65. The number of aromatic carboxylic acids is 1. The summed E-state index contributed by atoms with van der Waals surface area (Å²) >= 11 is 0. The van der Waals surface area contributed by atoms with Crippen LogP contribution in [-0.4, -0.2) is 17.6 Å². The van der Waals surface area contributed by atoms with E-state index in [0.29, 0.717) is 6.54 Å². The number of hydrogen-bond acceptors (Lipinski definition) is 2. The maximum atomic E-state index is 12.9. The molecule has 1 rings (SSSR count). The van der Waals surface area contributed by atoms with Crippen molar-refractivity contribution in [1.82, 2.24) is 5.32 Å². The van der Waals surface area contributed by atoms with Gasteiger partial charge in [-0.25, -0.2) is 9.18 Å². The van der Waals surface area contributed by atoms with E-state index in [2.05, 4.69) is 5.32 Å². The van der Waals surface area contributed by atoms with Crippen molar-refractivity contribution in [2.45, 2.75) is 13.5 Å². The van der Waals surface area contributed by atoms with Crippen LogP contribution in [0.2, 0.25) is 0 Å². The van der Waals surface area contributed by atoms with Crippen LogP contribution in [0.1, 0.15) is 22.8 Å². The number of rotatable bonds is 4. The van der Waals surface area contributed by atoms with E-state index in [4.69, 9.17) is 5.11 Å². The minimum atomic E-state index is -1.24. The smallest absolute Gasteiger partial charge is 0.338 e. The molecule has 0 unspecified atom stereocenters. The summed E-state index contributed by atoms with van der Waals surface area (Å²) in [5.74, 6) is -1.93. The molecular formula is C10H12FNO2. The van der Waals surface area contributed by atoms with Crippen LogP contribution < -0.4 is 5.32 Å². The van der Waals surface area contributed by atoms with Crippen molar-refractivity contribution in [3.8, 4) is 0 Å². The van der Waals surface area contributed by atoms with Crippen LogP contribution in [-0.2, 0) is 6.54 Å². The molecular weight excluding hydrogens is 185 g/mol. The van der Waals surface area contributed by atoms with Crippen LogP contribution >= 0.6 is 0 Å². The molecule has 0 amide bonds. The molecule has 1 aromatic carbocycles. The second-order valence-corrected chi connectivity index (χ2v) is 2.90. The van der Waals surface area contributed by atoms with Gasteiger partial charge >= 0.3 is 5.97 Å². The van der Waals surface area contributed by atoms with Crippen molar-refractivity contribution in [2.24, 2.45) is 0 Å². The van der Waals surface area contributed by atoms with Crippen LogP contribution in [0.3, 0.4) is 0 Å². The summed E-state index contributed by atoms with van der Waals surface area (Å²) in [6, 6.07) is 4.10. The van der Waals surface area contributed by atoms with Crippen LogP contribution in [0.15, 0.2) is 18.2 Å². The van der Waals surface area contributed by atoms with E-state index in [1.807, 2.05) is 6.92 Å². The highest BCUT2D eigenvalue weighted by atomic mass is 19.1. The van der Waals surface area contributed by atoms with Gasteiger partial charge < -0.3 is 10.4 Å². The molecule has 2 N–H and O–H groups in total. The predicted molar refractivity (Wildman–Crippen MR) is 50.7 cm³/mol. The highest BCUT2D eigenvalue weighted by Gasteiger charge is 2.10. The van der Waals surface area contributed by atoms with Gasteiger partial charge in [0.25, 0.3) is 0 Å². The largest absolute Gasteiger partial charge is 0.478 e. The molecule has 0 saturated carbocycles. The number of carbonyl (C=O) groups is 1. The van der Waals surface area contributed by atoms with Gasteiger partial charge in [-0.05, 0) is 24.2 Å². The van der Waals surface area contributed by atoms with E-state index < -0.39 is 11.8 Å². The zero-order valence-corrected chi connectivity index (χ0v) is 7.88. The van der Waals surface area contributed by atoms with Crippen LogP contribution in [0.4, 0.5) is 4.39 Å². The van der Waals surface area contributed by atoms with Gasteiger partial charge in [-0.15, -0.1) is 0 Å². The van der Waals surface area contributed by atoms with E-state index in [0.717, 1.165) is 12.1 Å². The maximum absolute atomic E-state index is 12.9. The second kappa shape index (κ2) is 4.72. The fourth-order valence-electron chi connectivity index (χ4n) is 1.12. The first-order valence-corrected chi connectivity index (χ1v) is 4.37. The number of carboxylic acids is 1. The standard InChI is InChI=1S/C10H12FNO2/c1-2-12-6-7-3-4-9(11)8(5-7)10(13)14/h3-5,12H,2,6H2,1H3,(H,13,14). The average Bonchev–Trinajstić information content (AvgIpc) is 2.16. The van der Waals surface area contributed by atoms with Crippen molar-refractivity contribution in [3.05, 3.63) is 35.1 Å². The maximum Gasteiger partial charge on any atom is 0.338 e. The quantitative estimate of drug-likeness (QED) is 0.771. The first kappa shape index (κ1) is 10.7. The van der Waals surface area contributed by atoms with Gasteiger partial charge in [0, 0.05) is 6.54 Å². The zero-order valence-electron chi connectivity index (χ0n) is 7.88. The van der Waals surface area contributed by atoms with Gasteiger partial charge in [0.05, 0.1) is 5.56 Å². The minimum Gasteiger partial charge on any atom is -0.478 e. The lowest BCUT2D eigenvalue weighted by atomic mass is 10.1. The Morgan fingerprint density at radius 1 is 1.57 bits per heavy atom. The third kappa shape index (κ3) is 2.53. The molecule has 0 saturated heterocycles. The predicted octanol–water partition coefficient (Wildman–Crippen LogP) is 1.63. The summed E-state index contributed by atoms with van der Waals surface area (Å²) in [7, 11) is 0. The van der Waals surface area contributed by atoms with E-state index in [9.17, 15) is 9.18 Å². The lowest BCUT2D eigenvalue weighted by Crippen LogP contribution is -2.12. The summed E-state index contributed by atoms with van der Waals surface area (Å²) in [5.41, 5.74) is 0.492. The number of carboxylic acid groups (broad SMARTS) is 1. The number of nitrogens with one attached hydrogen (secondary N) is 1. The Morgan fingerprint density at radius 2 is 2.29 bits per heavy atom. The van der Waals surface area contributed by atoms with Gasteiger partial charge in [-0.3, -0.25) is 0 Å². The molecule has 3 nitrogen and oxygen atoms in total. The Hall–Kier alpha value is -1.42. The van der Waals surface area contributed by atoms with Crippen molar-refractivity contribution < 1.29 is 14.3 Å².